The lowest BCUT2D eigenvalue weighted by Gasteiger charge is -2.00. The third-order valence-electron chi connectivity index (χ3n) is 3.77. The Morgan fingerprint density at radius 1 is 0.840 bits per heavy atom. The van der Waals surface area contributed by atoms with Crippen LogP contribution in [0.3, 0.4) is 0 Å². The Hall–Kier alpha value is -2.45. The molecule has 3 heterocycles. The minimum atomic E-state index is 0.689. The highest BCUT2D eigenvalue weighted by molar-refractivity contribution is 7.26. The summed E-state index contributed by atoms with van der Waals surface area (Å²) < 4.78 is 0. The fourth-order valence-electron chi connectivity index (χ4n) is 2.61. The van der Waals surface area contributed by atoms with Crippen LogP contribution in [0.2, 0.25) is 0 Å². The van der Waals surface area contributed by atoms with Gasteiger partial charge in [0.2, 0.25) is 0 Å². The van der Waals surface area contributed by atoms with Crippen LogP contribution < -0.4 is 0 Å². The van der Waals surface area contributed by atoms with Crippen molar-refractivity contribution in [3.8, 4) is 25.6 Å². The van der Waals surface area contributed by atoms with Gasteiger partial charge in [0.05, 0.1) is 16.5 Å². The Morgan fingerprint density at radius 2 is 1.56 bits per heavy atom. The van der Waals surface area contributed by atoms with Crippen molar-refractivity contribution in [2.75, 3.05) is 0 Å². The van der Waals surface area contributed by atoms with Gasteiger partial charge in [-0.05, 0) is 46.2 Å². The van der Waals surface area contributed by atoms with Gasteiger partial charge in [0, 0.05) is 14.6 Å². The highest BCUT2D eigenvalue weighted by Gasteiger charge is 2.13. The van der Waals surface area contributed by atoms with Crippen molar-refractivity contribution in [2.45, 2.75) is 0 Å². The molecule has 4 heteroatoms. The molecular formula is C21H13NS3. The van der Waals surface area contributed by atoms with Crippen molar-refractivity contribution < 1.29 is 0 Å². The van der Waals surface area contributed by atoms with E-state index in [0.29, 0.717) is 5.57 Å². The van der Waals surface area contributed by atoms with Crippen LogP contribution in [0.5, 0.6) is 0 Å². The van der Waals surface area contributed by atoms with Crippen molar-refractivity contribution >= 4 is 45.7 Å². The van der Waals surface area contributed by atoms with Gasteiger partial charge in [-0.1, -0.05) is 42.5 Å². The Kier molecular flexibility index (Phi) is 4.62. The first kappa shape index (κ1) is 16.0. The number of hydrogen-bond acceptors (Lipinski definition) is 4. The summed E-state index contributed by atoms with van der Waals surface area (Å²) in [5.74, 6) is 0. The van der Waals surface area contributed by atoms with Gasteiger partial charge in [-0.15, -0.1) is 34.0 Å². The highest BCUT2D eigenvalue weighted by Crippen LogP contribution is 2.42. The molecule has 0 aliphatic rings. The molecule has 0 fully saturated rings. The van der Waals surface area contributed by atoms with Gasteiger partial charge in [-0.25, -0.2) is 0 Å². The van der Waals surface area contributed by atoms with Gasteiger partial charge in [0.1, 0.15) is 0 Å². The van der Waals surface area contributed by atoms with E-state index in [4.69, 9.17) is 0 Å². The monoisotopic (exact) mass is 375 g/mol. The maximum absolute atomic E-state index is 9.64. The number of rotatable bonds is 4. The lowest BCUT2D eigenvalue weighted by atomic mass is 10.0. The maximum Gasteiger partial charge on any atom is 0.0998 e. The van der Waals surface area contributed by atoms with Crippen molar-refractivity contribution in [3.05, 3.63) is 82.6 Å². The average Bonchev–Trinajstić information content (AvgIpc) is 3.41. The molecule has 3 aromatic heterocycles. The Morgan fingerprint density at radius 3 is 2.20 bits per heavy atom. The molecule has 0 unspecified atom stereocenters. The predicted molar refractivity (Wildman–Crippen MR) is 111 cm³/mol. The summed E-state index contributed by atoms with van der Waals surface area (Å²) in [5, 5.41) is 13.8. The summed E-state index contributed by atoms with van der Waals surface area (Å²) in [6, 6.07) is 22.8. The summed E-state index contributed by atoms with van der Waals surface area (Å²) in [6.07, 6.45) is 2.01. The fourth-order valence-corrected chi connectivity index (χ4v) is 5.45. The second kappa shape index (κ2) is 7.20. The number of benzene rings is 1. The first-order chi connectivity index (χ1) is 12.3. The molecule has 25 heavy (non-hydrogen) atoms. The van der Waals surface area contributed by atoms with E-state index in [9.17, 15) is 5.26 Å². The molecule has 0 saturated carbocycles. The van der Waals surface area contributed by atoms with E-state index in [1.165, 1.54) is 19.5 Å². The SMILES string of the molecule is N#C/C(=C\c1cc(-c2cccs2)sc1-c1cccs1)c1ccccc1. The molecule has 4 aromatic rings. The molecule has 0 atom stereocenters. The van der Waals surface area contributed by atoms with Gasteiger partial charge in [-0.2, -0.15) is 5.26 Å². The van der Waals surface area contributed by atoms with E-state index in [-0.39, 0.29) is 0 Å². The topological polar surface area (TPSA) is 23.8 Å². The van der Waals surface area contributed by atoms with Crippen molar-refractivity contribution in [2.24, 2.45) is 0 Å². The van der Waals surface area contributed by atoms with E-state index in [1.54, 1.807) is 34.0 Å². The van der Waals surface area contributed by atoms with Crippen LogP contribution >= 0.6 is 34.0 Å². The normalized spacial score (nSPS) is 11.4. The zero-order chi connectivity index (χ0) is 17.1. The van der Waals surface area contributed by atoms with E-state index in [0.717, 1.165) is 11.1 Å². The van der Waals surface area contributed by atoms with Crippen LogP contribution in [0.25, 0.3) is 31.2 Å². The molecule has 0 bridgehead atoms. The van der Waals surface area contributed by atoms with E-state index >= 15 is 0 Å². The van der Waals surface area contributed by atoms with Crippen LogP contribution in [-0.2, 0) is 0 Å². The van der Waals surface area contributed by atoms with Crippen LogP contribution in [0.15, 0.2) is 71.4 Å². The molecule has 0 amide bonds. The molecule has 0 saturated heterocycles. The summed E-state index contributed by atoms with van der Waals surface area (Å²) in [5.41, 5.74) is 2.75. The second-order valence-corrected chi connectivity index (χ2v) is 8.33. The first-order valence-corrected chi connectivity index (χ1v) is 10.3. The van der Waals surface area contributed by atoms with Gasteiger partial charge < -0.3 is 0 Å². The van der Waals surface area contributed by atoms with Crippen LogP contribution in [0.4, 0.5) is 0 Å². The molecule has 1 nitrogen and oxygen atoms in total. The summed E-state index contributed by atoms with van der Waals surface area (Å²) in [4.78, 5) is 4.97. The minimum Gasteiger partial charge on any atom is -0.192 e. The highest BCUT2D eigenvalue weighted by atomic mass is 32.1. The number of nitriles is 1. The lowest BCUT2D eigenvalue weighted by molar-refractivity contribution is 1.52. The number of allylic oxidation sites excluding steroid dienone is 1. The smallest absolute Gasteiger partial charge is 0.0998 e. The Labute approximate surface area is 158 Å². The van der Waals surface area contributed by atoms with Crippen LogP contribution in [-0.4, -0.2) is 0 Å². The largest absolute Gasteiger partial charge is 0.192 e. The summed E-state index contributed by atoms with van der Waals surface area (Å²) >= 11 is 5.27. The third kappa shape index (κ3) is 3.35. The molecular weight excluding hydrogens is 362 g/mol. The zero-order valence-corrected chi connectivity index (χ0v) is 15.6. The first-order valence-electron chi connectivity index (χ1n) is 7.74. The van der Waals surface area contributed by atoms with Crippen molar-refractivity contribution in [1.82, 2.24) is 0 Å². The molecule has 0 aliphatic carbocycles. The van der Waals surface area contributed by atoms with E-state index in [1.807, 2.05) is 36.4 Å². The molecule has 1 aromatic carbocycles. The van der Waals surface area contributed by atoms with Gasteiger partial charge >= 0.3 is 0 Å². The van der Waals surface area contributed by atoms with Gasteiger partial charge in [-0.3, -0.25) is 0 Å². The fraction of sp³-hybridized carbons (Fsp3) is 0. The Bertz CT molecular complexity index is 1030. The molecule has 120 valence electrons. The van der Waals surface area contributed by atoms with E-state index in [2.05, 4.69) is 47.2 Å². The van der Waals surface area contributed by atoms with Gasteiger partial charge in [0.25, 0.3) is 0 Å². The molecule has 0 aliphatic heterocycles. The molecule has 4 rings (SSSR count). The van der Waals surface area contributed by atoms with Crippen LogP contribution in [0.1, 0.15) is 11.1 Å². The molecule has 0 spiro atoms. The standard InChI is InChI=1S/C21H13NS3/c22-14-17(15-6-2-1-3-7-15)12-16-13-20(18-8-4-10-23-18)25-21(16)19-9-5-11-24-19/h1-13H/b17-12+. The maximum atomic E-state index is 9.64. The summed E-state index contributed by atoms with van der Waals surface area (Å²) in [7, 11) is 0. The average molecular weight is 376 g/mol. The molecule has 0 N–H and O–H groups in total. The lowest BCUT2D eigenvalue weighted by Crippen LogP contribution is -1.81. The zero-order valence-electron chi connectivity index (χ0n) is 13.2. The van der Waals surface area contributed by atoms with Crippen molar-refractivity contribution in [1.29, 1.82) is 5.26 Å². The minimum absolute atomic E-state index is 0.689. The van der Waals surface area contributed by atoms with E-state index < -0.39 is 0 Å². The quantitative estimate of drug-likeness (QED) is 0.344. The number of hydrogen-bond donors (Lipinski definition) is 0. The second-order valence-electron chi connectivity index (χ2n) is 5.39. The predicted octanol–water partition coefficient (Wildman–Crippen LogP) is 7.27. The van der Waals surface area contributed by atoms with Crippen LogP contribution in [0, 0.1) is 11.3 Å². The molecule has 0 radical (unpaired) electrons. The van der Waals surface area contributed by atoms with Gasteiger partial charge in [0.15, 0.2) is 0 Å². The van der Waals surface area contributed by atoms with Crippen molar-refractivity contribution in [3.63, 3.8) is 0 Å². The third-order valence-corrected chi connectivity index (χ3v) is 7.04. The summed E-state index contributed by atoms with van der Waals surface area (Å²) in [6.45, 7) is 0. The number of nitrogens with zero attached hydrogens (tertiary/aromatic N) is 1. The number of thiophene rings is 3. The Balaban J connectivity index is 1.86.